The summed E-state index contributed by atoms with van der Waals surface area (Å²) in [7, 11) is 1.63. The summed E-state index contributed by atoms with van der Waals surface area (Å²) in [4.78, 5) is 10.8. The zero-order valence-electron chi connectivity index (χ0n) is 8.04. The van der Waals surface area contributed by atoms with Gasteiger partial charge < -0.3 is 5.11 Å². The van der Waals surface area contributed by atoms with E-state index in [9.17, 15) is 9.90 Å². The van der Waals surface area contributed by atoms with Gasteiger partial charge in [0.25, 0.3) is 0 Å². The standard InChI is InChI=1S/C10H12BrNO2/c1-6-3-7(5-13)9(8(11)4-6)10(14)12-2/h3-5,10,12,14H,1-2H3. The highest BCUT2D eigenvalue weighted by Crippen LogP contribution is 2.26. The van der Waals surface area contributed by atoms with Crippen molar-refractivity contribution >= 4 is 22.2 Å². The highest BCUT2D eigenvalue weighted by atomic mass is 79.9. The normalized spacial score (nSPS) is 12.6. The molecule has 2 N–H and O–H groups in total. The summed E-state index contributed by atoms with van der Waals surface area (Å²) >= 11 is 3.32. The Bertz CT molecular complexity index is 352. The topological polar surface area (TPSA) is 49.3 Å². The molecule has 0 fully saturated rings. The highest BCUT2D eigenvalue weighted by Gasteiger charge is 2.14. The zero-order chi connectivity index (χ0) is 10.7. The Hall–Kier alpha value is -0.710. The molecule has 1 aromatic rings. The van der Waals surface area contributed by atoms with Crippen LogP contribution < -0.4 is 5.32 Å². The van der Waals surface area contributed by atoms with E-state index in [1.807, 2.05) is 13.0 Å². The summed E-state index contributed by atoms with van der Waals surface area (Å²) in [6, 6.07) is 3.61. The van der Waals surface area contributed by atoms with Crippen LogP contribution >= 0.6 is 15.9 Å². The lowest BCUT2D eigenvalue weighted by Crippen LogP contribution is -2.17. The Morgan fingerprint density at radius 3 is 2.71 bits per heavy atom. The molecule has 1 unspecified atom stereocenters. The number of nitrogens with one attached hydrogen (secondary N) is 1. The zero-order valence-corrected chi connectivity index (χ0v) is 9.63. The lowest BCUT2D eigenvalue weighted by molar-refractivity contribution is 0.110. The van der Waals surface area contributed by atoms with E-state index in [4.69, 9.17) is 0 Å². The maximum Gasteiger partial charge on any atom is 0.150 e. The Kier molecular flexibility index (Phi) is 3.80. The molecule has 0 radical (unpaired) electrons. The number of aliphatic hydroxyl groups excluding tert-OH is 1. The van der Waals surface area contributed by atoms with E-state index < -0.39 is 6.23 Å². The van der Waals surface area contributed by atoms with Crippen LogP contribution in [0.4, 0.5) is 0 Å². The first-order chi connectivity index (χ1) is 6.60. The van der Waals surface area contributed by atoms with Crippen LogP contribution in [0.5, 0.6) is 0 Å². The summed E-state index contributed by atoms with van der Waals surface area (Å²) < 4.78 is 0.737. The van der Waals surface area contributed by atoms with E-state index in [0.717, 1.165) is 16.3 Å². The lowest BCUT2D eigenvalue weighted by Gasteiger charge is -2.14. The second-order valence-corrected chi connectivity index (χ2v) is 3.91. The molecule has 0 aromatic heterocycles. The van der Waals surface area contributed by atoms with Gasteiger partial charge in [-0.05, 0) is 31.7 Å². The quantitative estimate of drug-likeness (QED) is 0.641. The van der Waals surface area contributed by atoms with Gasteiger partial charge in [-0.25, -0.2) is 0 Å². The minimum atomic E-state index is -0.829. The highest BCUT2D eigenvalue weighted by molar-refractivity contribution is 9.10. The van der Waals surface area contributed by atoms with Crippen molar-refractivity contribution in [1.29, 1.82) is 0 Å². The molecule has 0 spiro atoms. The third-order valence-corrected chi connectivity index (χ3v) is 2.64. The molecule has 0 bridgehead atoms. The smallest absolute Gasteiger partial charge is 0.150 e. The van der Waals surface area contributed by atoms with E-state index in [1.54, 1.807) is 13.1 Å². The SMILES string of the molecule is CNC(O)c1c(Br)cc(C)cc1C=O. The Labute approximate surface area is 91.3 Å². The molecule has 0 saturated carbocycles. The number of halogens is 1. The molecule has 14 heavy (non-hydrogen) atoms. The third kappa shape index (κ3) is 2.20. The second-order valence-electron chi connectivity index (χ2n) is 3.06. The molecule has 0 aliphatic rings. The minimum absolute atomic E-state index is 0.499. The Morgan fingerprint density at radius 1 is 1.57 bits per heavy atom. The van der Waals surface area contributed by atoms with Gasteiger partial charge in [-0.2, -0.15) is 0 Å². The van der Waals surface area contributed by atoms with Gasteiger partial charge in [0, 0.05) is 15.6 Å². The third-order valence-electron chi connectivity index (χ3n) is 1.98. The average molecular weight is 258 g/mol. The van der Waals surface area contributed by atoms with Gasteiger partial charge in [-0.15, -0.1) is 0 Å². The number of carbonyl (C=O) groups is 1. The van der Waals surface area contributed by atoms with Crippen LogP contribution in [0.2, 0.25) is 0 Å². The molecule has 3 nitrogen and oxygen atoms in total. The van der Waals surface area contributed by atoms with Crippen molar-refractivity contribution in [3.63, 3.8) is 0 Å². The first-order valence-corrected chi connectivity index (χ1v) is 5.00. The summed E-state index contributed by atoms with van der Waals surface area (Å²) in [5, 5.41) is 12.3. The maximum absolute atomic E-state index is 10.8. The molecule has 4 heteroatoms. The minimum Gasteiger partial charge on any atom is -0.374 e. The fourth-order valence-electron chi connectivity index (χ4n) is 1.31. The van der Waals surface area contributed by atoms with Crippen molar-refractivity contribution in [3.05, 3.63) is 33.3 Å². The molecule has 0 amide bonds. The van der Waals surface area contributed by atoms with Crippen molar-refractivity contribution in [1.82, 2.24) is 5.32 Å². The van der Waals surface area contributed by atoms with Crippen molar-refractivity contribution < 1.29 is 9.90 Å². The number of aryl methyl sites for hydroxylation is 1. The van der Waals surface area contributed by atoms with Crippen molar-refractivity contribution in [2.24, 2.45) is 0 Å². The van der Waals surface area contributed by atoms with E-state index in [2.05, 4.69) is 21.2 Å². The number of hydrogen-bond acceptors (Lipinski definition) is 3. The second kappa shape index (κ2) is 4.68. The van der Waals surface area contributed by atoms with Crippen LogP contribution in [0.3, 0.4) is 0 Å². The fraction of sp³-hybridized carbons (Fsp3) is 0.300. The van der Waals surface area contributed by atoms with Gasteiger partial charge in [0.2, 0.25) is 0 Å². The van der Waals surface area contributed by atoms with Crippen LogP contribution in [0.15, 0.2) is 16.6 Å². The molecule has 0 heterocycles. The number of benzene rings is 1. The molecular weight excluding hydrogens is 246 g/mol. The van der Waals surface area contributed by atoms with Gasteiger partial charge in [0.15, 0.2) is 6.29 Å². The van der Waals surface area contributed by atoms with Crippen LogP contribution in [0.25, 0.3) is 0 Å². The van der Waals surface area contributed by atoms with Gasteiger partial charge in [-0.3, -0.25) is 10.1 Å². The van der Waals surface area contributed by atoms with Gasteiger partial charge >= 0.3 is 0 Å². The Balaban J connectivity index is 3.31. The van der Waals surface area contributed by atoms with E-state index in [-0.39, 0.29) is 0 Å². The largest absolute Gasteiger partial charge is 0.374 e. The molecule has 1 rings (SSSR count). The number of hydrogen-bond donors (Lipinski definition) is 2. The molecular formula is C10H12BrNO2. The fourth-order valence-corrected chi connectivity index (χ4v) is 2.12. The van der Waals surface area contributed by atoms with Gasteiger partial charge in [0.05, 0.1) is 0 Å². The van der Waals surface area contributed by atoms with Crippen molar-refractivity contribution in [3.8, 4) is 0 Å². The number of aldehydes is 1. The number of carbonyl (C=O) groups excluding carboxylic acids is 1. The number of rotatable bonds is 3. The van der Waals surface area contributed by atoms with Crippen molar-refractivity contribution in [2.75, 3.05) is 7.05 Å². The van der Waals surface area contributed by atoms with Crippen LogP contribution in [0, 0.1) is 6.92 Å². The van der Waals surface area contributed by atoms with Crippen LogP contribution in [-0.2, 0) is 0 Å². The summed E-state index contributed by atoms with van der Waals surface area (Å²) in [6.07, 6.45) is -0.0848. The first kappa shape index (κ1) is 11.4. The predicted molar refractivity (Wildman–Crippen MR) is 58.3 cm³/mol. The van der Waals surface area contributed by atoms with Crippen molar-refractivity contribution in [2.45, 2.75) is 13.2 Å². The monoisotopic (exact) mass is 257 g/mol. The molecule has 0 aliphatic carbocycles. The van der Waals surface area contributed by atoms with Gasteiger partial charge in [0.1, 0.15) is 6.23 Å². The summed E-state index contributed by atoms with van der Waals surface area (Å²) in [5.74, 6) is 0. The first-order valence-electron chi connectivity index (χ1n) is 4.20. The van der Waals surface area contributed by atoms with E-state index >= 15 is 0 Å². The molecule has 0 saturated heterocycles. The molecule has 1 atom stereocenters. The van der Waals surface area contributed by atoms with E-state index in [0.29, 0.717) is 11.1 Å². The van der Waals surface area contributed by atoms with E-state index in [1.165, 1.54) is 0 Å². The summed E-state index contributed by atoms with van der Waals surface area (Å²) in [6.45, 7) is 1.90. The summed E-state index contributed by atoms with van der Waals surface area (Å²) in [5.41, 5.74) is 2.05. The van der Waals surface area contributed by atoms with Crippen LogP contribution in [-0.4, -0.2) is 18.4 Å². The Morgan fingerprint density at radius 2 is 2.21 bits per heavy atom. The maximum atomic E-state index is 10.8. The van der Waals surface area contributed by atoms with Crippen LogP contribution in [0.1, 0.15) is 27.7 Å². The van der Waals surface area contributed by atoms with Gasteiger partial charge in [-0.1, -0.05) is 15.9 Å². The molecule has 76 valence electrons. The molecule has 0 aliphatic heterocycles. The predicted octanol–water partition coefficient (Wildman–Crippen LogP) is 1.78. The molecule has 1 aromatic carbocycles. The number of aliphatic hydroxyl groups is 1. The lowest BCUT2D eigenvalue weighted by atomic mass is 10.0. The average Bonchev–Trinajstić information content (AvgIpc) is 2.15.